The Morgan fingerprint density at radius 3 is 2.44 bits per heavy atom. The van der Waals surface area contributed by atoms with Crippen LogP contribution in [-0.4, -0.2) is 29.1 Å². The molecular weight excluding hydrogens is 222 g/mol. The molecule has 2 atom stereocenters. The predicted molar refractivity (Wildman–Crippen MR) is 75.5 cm³/mol. The summed E-state index contributed by atoms with van der Waals surface area (Å²) >= 11 is 0. The fraction of sp³-hybridized carbons (Fsp3) is 0.625. The minimum absolute atomic E-state index is 0.245. The summed E-state index contributed by atoms with van der Waals surface area (Å²) in [7, 11) is 0. The molecule has 0 aromatic heterocycles. The van der Waals surface area contributed by atoms with Crippen molar-refractivity contribution < 1.29 is 5.11 Å². The van der Waals surface area contributed by atoms with Crippen LogP contribution in [0, 0.1) is 5.41 Å². The van der Waals surface area contributed by atoms with Crippen LogP contribution in [0.1, 0.15) is 45.3 Å². The molecule has 100 valence electrons. The number of hydrogen-bond acceptors (Lipinski definition) is 2. The molecule has 0 radical (unpaired) electrons. The minimum atomic E-state index is -0.370. The minimum Gasteiger partial charge on any atom is -0.387 e. The van der Waals surface area contributed by atoms with Crippen LogP contribution in [0.2, 0.25) is 0 Å². The first-order valence-corrected chi connectivity index (χ1v) is 7.00. The predicted octanol–water partition coefficient (Wildman–Crippen LogP) is 3.23. The van der Waals surface area contributed by atoms with Crippen LogP contribution in [0.5, 0.6) is 0 Å². The van der Waals surface area contributed by atoms with E-state index in [2.05, 4.69) is 25.7 Å². The Hall–Kier alpha value is -0.860. The molecule has 0 amide bonds. The molecule has 18 heavy (non-hydrogen) atoms. The first-order valence-electron chi connectivity index (χ1n) is 7.00. The molecule has 2 unspecified atom stereocenters. The van der Waals surface area contributed by atoms with Crippen molar-refractivity contribution in [2.45, 2.75) is 45.8 Å². The molecule has 1 aliphatic rings. The van der Waals surface area contributed by atoms with E-state index in [0.717, 1.165) is 25.1 Å². The van der Waals surface area contributed by atoms with Crippen LogP contribution < -0.4 is 0 Å². The van der Waals surface area contributed by atoms with Gasteiger partial charge in [-0.1, -0.05) is 51.1 Å². The summed E-state index contributed by atoms with van der Waals surface area (Å²) in [6.45, 7) is 9.00. The quantitative estimate of drug-likeness (QED) is 0.883. The monoisotopic (exact) mass is 247 g/mol. The van der Waals surface area contributed by atoms with Crippen LogP contribution in [0.4, 0.5) is 0 Å². The van der Waals surface area contributed by atoms with E-state index in [0.29, 0.717) is 5.41 Å². The van der Waals surface area contributed by atoms with Gasteiger partial charge in [-0.15, -0.1) is 0 Å². The van der Waals surface area contributed by atoms with Gasteiger partial charge in [0.1, 0.15) is 0 Å². The summed E-state index contributed by atoms with van der Waals surface area (Å²) in [5.74, 6) is 0. The van der Waals surface area contributed by atoms with Gasteiger partial charge in [-0.2, -0.15) is 0 Å². The van der Waals surface area contributed by atoms with E-state index < -0.39 is 0 Å². The lowest BCUT2D eigenvalue weighted by Crippen LogP contribution is -2.38. The maximum Gasteiger partial charge on any atom is 0.0945 e. The average molecular weight is 247 g/mol. The summed E-state index contributed by atoms with van der Waals surface area (Å²) in [6, 6.07) is 10.3. The van der Waals surface area contributed by atoms with Crippen molar-refractivity contribution in [3.63, 3.8) is 0 Å². The molecular formula is C16H25NO. The van der Waals surface area contributed by atoms with E-state index >= 15 is 0 Å². The van der Waals surface area contributed by atoms with Gasteiger partial charge in [0.05, 0.1) is 6.10 Å². The third-order valence-electron chi connectivity index (χ3n) is 4.10. The Morgan fingerprint density at radius 2 is 1.94 bits per heavy atom. The fourth-order valence-electron chi connectivity index (χ4n) is 2.99. The Kier molecular flexibility index (Phi) is 4.08. The lowest BCUT2D eigenvalue weighted by Gasteiger charge is -2.32. The van der Waals surface area contributed by atoms with Gasteiger partial charge in [0.15, 0.2) is 0 Å². The number of nitrogens with zero attached hydrogens (tertiary/aromatic N) is 1. The number of aliphatic hydroxyl groups excluding tert-OH is 1. The second-order valence-electron chi connectivity index (χ2n) is 6.22. The van der Waals surface area contributed by atoms with Crippen molar-refractivity contribution in [1.82, 2.24) is 4.90 Å². The molecule has 1 aliphatic heterocycles. The van der Waals surface area contributed by atoms with Gasteiger partial charge in [0.25, 0.3) is 0 Å². The molecule has 0 aliphatic carbocycles. The third kappa shape index (κ3) is 2.93. The van der Waals surface area contributed by atoms with Crippen molar-refractivity contribution in [3.05, 3.63) is 35.9 Å². The Bertz CT molecular complexity index is 374. The van der Waals surface area contributed by atoms with Crippen LogP contribution in [0.15, 0.2) is 30.3 Å². The lowest BCUT2D eigenvalue weighted by atomic mass is 9.93. The molecule has 1 fully saturated rings. The Labute approximate surface area is 111 Å². The van der Waals surface area contributed by atoms with E-state index in [9.17, 15) is 5.11 Å². The highest BCUT2D eigenvalue weighted by Gasteiger charge is 2.35. The smallest absolute Gasteiger partial charge is 0.0945 e. The van der Waals surface area contributed by atoms with Gasteiger partial charge in [0, 0.05) is 12.6 Å². The molecule has 0 bridgehead atoms. The van der Waals surface area contributed by atoms with E-state index in [4.69, 9.17) is 0 Å². The summed E-state index contributed by atoms with van der Waals surface area (Å²) in [5, 5.41) is 10.6. The largest absolute Gasteiger partial charge is 0.387 e. The molecule has 2 rings (SSSR count). The van der Waals surface area contributed by atoms with Crippen LogP contribution in [0.25, 0.3) is 0 Å². The summed E-state index contributed by atoms with van der Waals surface area (Å²) in [6.07, 6.45) is 1.85. The maximum absolute atomic E-state index is 10.6. The van der Waals surface area contributed by atoms with Gasteiger partial charge < -0.3 is 5.11 Å². The van der Waals surface area contributed by atoms with E-state index in [-0.39, 0.29) is 12.1 Å². The van der Waals surface area contributed by atoms with Crippen molar-refractivity contribution in [3.8, 4) is 0 Å². The first-order chi connectivity index (χ1) is 8.53. The first kappa shape index (κ1) is 13.6. The molecule has 0 saturated carbocycles. The fourth-order valence-corrected chi connectivity index (χ4v) is 2.99. The number of rotatable bonds is 4. The average Bonchev–Trinajstić information content (AvgIpc) is 2.71. The number of hydrogen-bond donors (Lipinski definition) is 1. The van der Waals surface area contributed by atoms with Gasteiger partial charge in [-0.05, 0) is 30.4 Å². The summed E-state index contributed by atoms with van der Waals surface area (Å²) in [4.78, 5) is 2.46. The molecule has 2 heteroatoms. The molecule has 1 aromatic rings. The van der Waals surface area contributed by atoms with Crippen LogP contribution in [0.3, 0.4) is 0 Å². The highest BCUT2D eigenvalue weighted by Crippen LogP contribution is 2.34. The normalized spacial score (nSPS) is 22.9. The van der Waals surface area contributed by atoms with Gasteiger partial charge in [-0.25, -0.2) is 0 Å². The molecule has 2 nitrogen and oxygen atoms in total. The summed E-state index contributed by atoms with van der Waals surface area (Å²) in [5.41, 5.74) is 1.43. The number of aliphatic hydroxyl groups is 1. The van der Waals surface area contributed by atoms with Crippen molar-refractivity contribution in [2.24, 2.45) is 5.41 Å². The molecule has 1 heterocycles. The van der Waals surface area contributed by atoms with E-state index in [1.165, 1.54) is 6.42 Å². The van der Waals surface area contributed by atoms with Crippen molar-refractivity contribution >= 4 is 0 Å². The number of likely N-dealkylation sites (tertiary alicyclic amines) is 1. The topological polar surface area (TPSA) is 23.5 Å². The van der Waals surface area contributed by atoms with E-state index in [1.807, 2.05) is 30.3 Å². The highest BCUT2D eigenvalue weighted by molar-refractivity contribution is 5.19. The van der Waals surface area contributed by atoms with Crippen LogP contribution in [-0.2, 0) is 0 Å². The SMILES string of the molecule is CCC(C(O)c1ccccc1)N1CCC(C)(C)C1. The zero-order valence-corrected chi connectivity index (χ0v) is 11.8. The molecule has 1 aromatic carbocycles. The third-order valence-corrected chi connectivity index (χ3v) is 4.10. The zero-order chi connectivity index (χ0) is 13.2. The van der Waals surface area contributed by atoms with Gasteiger partial charge in [0.2, 0.25) is 0 Å². The van der Waals surface area contributed by atoms with Gasteiger partial charge in [-0.3, -0.25) is 4.90 Å². The molecule has 1 N–H and O–H groups in total. The maximum atomic E-state index is 10.6. The second kappa shape index (κ2) is 5.41. The van der Waals surface area contributed by atoms with Crippen LogP contribution >= 0.6 is 0 Å². The summed E-state index contributed by atoms with van der Waals surface area (Å²) < 4.78 is 0. The second-order valence-corrected chi connectivity index (χ2v) is 6.22. The Morgan fingerprint density at radius 1 is 1.28 bits per heavy atom. The lowest BCUT2D eigenvalue weighted by molar-refractivity contribution is 0.0540. The standard InChI is InChI=1S/C16H25NO/c1-4-14(17-11-10-16(2,3)12-17)15(18)13-8-6-5-7-9-13/h5-9,14-15,18H,4,10-12H2,1-3H3. The highest BCUT2D eigenvalue weighted by atomic mass is 16.3. The molecule has 1 saturated heterocycles. The van der Waals surface area contributed by atoms with E-state index in [1.54, 1.807) is 0 Å². The van der Waals surface area contributed by atoms with Gasteiger partial charge >= 0.3 is 0 Å². The van der Waals surface area contributed by atoms with Crippen molar-refractivity contribution in [1.29, 1.82) is 0 Å². The van der Waals surface area contributed by atoms with Crippen molar-refractivity contribution in [2.75, 3.05) is 13.1 Å². The Balaban J connectivity index is 2.10. The zero-order valence-electron chi connectivity index (χ0n) is 11.8. The number of benzene rings is 1. The molecule has 0 spiro atoms.